The van der Waals surface area contributed by atoms with Crippen molar-refractivity contribution >= 4 is 5.97 Å². The van der Waals surface area contributed by atoms with Crippen LogP contribution >= 0.6 is 0 Å². The van der Waals surface area contributed by atoms with Crippen molar-refractivity contribution in [1.29, 1.82) is 0 Å². The Hall–Kier alpha value is -1.47. The molecule has 3 fully saturated rings. The number of hydrogen-bond donors (Lipinski definition) is 3. The molecule has 2 saturated carbocycles. The van der Waals surface area contributed by atoms with Crippen LogP contribution in [0, 0.1) is 36.5 Å². The summed E-state index contributed by atoms with van der Waals surface area (Å²) in [5.74, 6) is 3.29. The molecule has 0 amide bonds. The Morgan fingerprint density at radius 3 is 2.19 bits per heavy atom. The van der Waals surface area contributed by atoms with Crippen molar-refractivity contribution in [2.24, 2.45) is 29.6 Å². The van der Waals surface area contributed by atoms with E-state index in [1.54, 1.807) is 13.8 Å². The van der Waals surface area contributed by atoms with Crippen LogP contribution in [0.2, 0.25) is 0 Å². The van der Waals surface area contributed by atoms with Gasteiger partial charge in [-0.1, -0.05) is 56.0 Å². The smallest absolute Gasteiger partial charge is 0.313 e. The van der Waals surface area contributed by atoms with E-state index < -0.39 is 11.4 Å². The van der Waals surface area contributed by atoms with E-state index in [2.05, 4.69) is 11.8 Å². The molecule has 36 heavy (non-hydrogen) atoms. The minimum Gasteiger partial charge on any atom is -0.481 e. The van der Waals surface area contributed by atoms with Gasteiger partial charge >= 0.3 is 5.97 Å². The van der Waals surface area contributed by atoms with Crippen molar-refractivity contribution < 1.29 is 29.9 Å². The second-order valence-electron chi connectivity index (χ2n) is 11.8. The highest BCUT2D eigenvalue weighted by Crippen LogP contribution is 2.49. The van der Waals surface area contributed by atoms with Gasteiger partial charge in [0.25, 0.3) is 0 Å². The van der Waals surface area contributed by atoms with Crippen LogP contribution < -0.4 is 0 Å². The first-order valence-electron chi connectivity index (χ1n) is 13.8. The third-order valence-electron chi connectivity index (χ3n) is 8.82. The zero-order valence-corrected chi connectivity index (χ0v) is 23.3. The van der Waals surface area contributed by atoms with Crippen molar-refractivity contribution in [3.05, 3.63) is 35.4 Å². The Morgan fingerprint density at radius 2 is 1.69 bits per heavy atom. The lowest BCUT2D eigenvalue weighted by molar-refractivity contribution is -0.214. The van der Waals surface area contributed by atoms with Crippen molar-refractivity contribution in [2.45, 2.75) is 104 Å². The second kappa shape index (κ2) is 14.5. The van der Waals surface area contributed by atoms with Gasteiger partial charge in [-0.3, -0.25) is 10.1 Å². The Morgan fingerprint density at radius 1 is 1.11 bits per heavy atom. The number of aliphatic carboxylic acids is 1. The zero-order valence-electron chi connectivity index (χ0n) is 23.3. The summed E-state index contributed by atoms with van der Waals surface area (Å²) < 4.78 is 6.34. The van der Waals surface area contributed by atoms with Gasteiger partial charge in [0.1, 0.15) is 0 Å². The summed E-state index contributed by atoms with van der Waals surface area (Å²) in [7, 11) is 1.18. The van der Waals surface area contributed by atoms with E-state index in [1.165, 1.54) is 52.1 Å². The van der Waals surface area contributed by atoms with E-state index in [9.17, 15) is 9.90 Å². The van der Waals surface area contributed by atoms with Gasteiger partial charge in [-0.25, -0.2) is 4.89 Å². The Bertz CT molecular complexity index is 770. The molecule has 0 aromatic heterocycles. The third-order valence-corrected chi connectivity index (χ3v) is 8.82. The summed E-state index contributed by atoms with van der Waals surface area (Å²) in [6, 6.07) is 7.59. The van der Waals surface area contributed by atoms with Gasteiger partial charge < -0.3 is 14.9 Å². The molecule has 0 bridgehead atoms. The fourth-order valence-electron chi connectivity index (χ4n) is 6.16. The third kappa shape index (κ3) is 8.27. The van der Waals surface area contributed by atoms with E-state index in [4.69, 9.17) is 15.1 Å². The number of ether oxygens (including phenoxy) is 1. The molecule has 1 saturated heterocycles. The minimum absolute atomic E-state index is 0.139. The summed E-state index contributed by atoms with van der Waals surface area (Å²) in [6.07, 6.45) is 11.0. The molecule has 3 aliphatic rings. The Balaban J connectivity index is 0.000000247. The number of benzene rings is 1. The quantitative estimate of drug-likeness (QED) is 0.302. The zero-order chi connectivity index (χ0) is 26.9. The average Bonchev–Trinajstić information content (AvgIpc) is 2.79. The van der Waals surface area contributed by atoms with Gasteiger partial charge in [0.15, 0.2) is 0 Å². The lowest BCUT2D eigenvalue weighted by atomic mass is 9.61. The van der Waals surface area contributed by atoms with Crippen LogP contribution in [0.15, 0.2) is 24.3 Å². The molecule has 6 nitrogen and oxygen atoms in total. The van der Waals surface area contributed by atoms with E-state index in [0.717, 1.165) is 53.7 Å². The van der Waals surface area contributed by atoms with Gasteiger partial charge in [-0.2, -0.15) is 0 Å². The molecule has 6 heteroatoms. The predicted molar refractivity (Wildman–Crippen MR) is 143 cm³/mol. The number of carbonyl (C=O) groups is 1. The maximum Gasteiger partial charge on any atom is 0.313 e. The fourth-order valence-corrected chi connectivity index (χ4v) is 6.16. The standard InChI is InChI=1S/C18H32O2.C11H14O2.CH4O2/c1-12(19)9-10-14-5-4-8-16-13(2)18(15-6-3-7-15)20-11-17(14)16;1-8-4-6-9(7-5-8)11(2,3)10(12)13;1-3-2/h12-19H,3-11H2,1-2H3;4-7H,1-3H3,(H,12,13);2H,1H3/t12?,13-,14-,16+,17?,18?;;/m1../s1. The number of rotatable bonds is 6. The summed E-state index contributed by atoms with van der Waals surface area (Å²) in [4.78, 5) is 14.2. The molecule has 0 spiro atoms. The molecule has 206 valence electrons. The first kappa shape index (κ1) is 30.8. The lowest BCUT2D eigenvalue weighted by Crippen LogP contribution is -2.49. The van der Waals surface area contributed by atoms with Crippen LogP contribution in [0.4, 0.5) is 0 Å². The predicted octanol–water partition coefficient (Wildman–Crippen LogP) is 6.48. The normalized spacial score (nSPS) is 28.8. The SMILES string of the molecule is CC(O)CC[C@H]1CCC[C@@H]2C1COC(C1CCC1)[C@@H]2C.COO.Cc1ccc(C(C)(C)C(=O)O)cc1. The maximum atomic E-state index is 10.9. The molecule has 4 rings (SSSR count). The highest BCUT2D eigenvalue weighted by atomic mass is 17.1. The van der Waals surface area contributed by atoms with E-state index in [0.29, 0.717) is 6.10 Å². The van der Waals surface area contributed by atoms with Crippen molar-refractivity contribution in [2.75, 3.05) is 13.7 Å². The van der Waals surface area contributed by atoms with Gasteiger partial charge in [0, 0.05) is 0 Å². The summed E-state index contributed by atoms with van der Waals surface area (Å²) >= 11 is 0. The van der Waals surface area contributed by atoms with Crippen molar-refractivity contribution in [3.8, 4) is 0 Å². The molecule has 0 radical (unpaired) electrons. The van der Waals surface area contributed by atoms with Crippen molar-refractivity contribution in [3.63, 3.8) is 0 Å². The van der Waals surface area contributed by atoms with Crippen LogP contribution in [0.3, 0.4) is 0 Å². The number of hydrogen-bond acceptors (Lipinski definition) is 5. The van der Waals surface area contributed by atoms with Crippen LogP contribution in [0.25, 0.3) is 0 Å². The lowest BCUT2D eigenvalue weighted by Gasteiger charge is -2.51. The second-order valence-corrected chi connectivity index (χ2v) is 11.8. The molecular weight excluding hydrogens is 456 g/mol. The molecule has 6 atom stereocenters. The number of aryl methyl sites for hydroxylation is 1. The van der Waals surface area contributed by atoms with E-state index in [1.807, 2.05) is 38.1 Å². The fraction of sp³-hybridized carbons (Fsp3) is 0.767. The van der Waals surface area contributed by atoms with Crippen molar-refractivity contribution in [1.82, 2.24) is 0 Å². The molecule has 1 heterocycles. The highest BCUT2D eigenvalue weighted by Gasteiger charge is 2.45. The minimum atomic E-state index is -0.798. The van der Waals surface area contributed by atoms with Gasteiger partial charge in [-0.15, -0.1) is 0 Å². The number of carboxylic acids is 1. The molecular formula is C30H50O6. The first-order valence-corrected chi connectivity index (χ1v) is 13.8. The summed E-state index contributed by atoms with van der Waals surface area (Å²) in [6.45, 7) is 10.8. The number of fused-ring (bicyclic) bond motifs is 1. The van der Waals surface area contributed by atoms with Crippen LogP contribution in [0.1, 0.15) is 90.2 Å². The molecule has 1 aliphatic heterocycles. The monoisotopic (exact) mass is 506 g/mol. The van der Waals surface area contributed by atoms with Crippen LogP contribution in [-0.4, -0.2) is 47.4 Å². The summed E-state index contributed by atoms with van der Waals surface area (Å²) in [5, 5.41) is 25.6. The largest absolute Gasteiger partial charge is 0.481 e. The highest BCUT2D eigenvalue weighted by molar-refractivity contribution is 5.80. The Labute approximate surface area is 218 Å². The molecule has 3 unspecified atom stereocenters. The van der Waals surface area contributed by atoms with E-state index in [-0.39, 0.29) is 6.10 Å². The number of aliphatic hydroxyl groups excluding tert-OH is 1. The van der Waals surface area contributed by atoms with Gasteiger partial charge in [-0.05, 0) is 95.0 Å². The molecule has 2 aliphatic carbocycles. The number of aliphatic hydroxyl groups is 1. The average molecular weight is 507 g/mol. The Kier molecular flexibility index (Phi) is 12.4. The molecule has 3 N–H and O–H groups in total. The summed E-state index contributed by atoms with van der Waals surface area (Å²) in [5.41, 5.74) is 1.18. The first-order chi connectivity index (χ1) is 17.0. The molecule has 1 aromatic carbocycles. The van der Waals surface area contributed by atoms with Crippen LogP contribution in [0.5, 0.6) is 0 Å². The number of carboxylic acid groups (broad SMARTS) is 1. The molecule has 1 aromatic rings. The van der Waals surface area contributed by atoms with E-state index >= 15 is 0 Å². The van der Waals surface area contributed by atoms with Crippen LogP contribution in [-0.2, 0) is 19.8 Å². The van der Waals surface area contributed by atoms with Gasteiger partial charge in [0.2, 0.25) is 0 Å². The maximum absolute atomic E-state index is 10.9. The topological polar surface area (TPSA) is 96.2 Å². The van der Waals surface area contributed by atoms with Gasteiger partial charge in [0.05, 0.1) is 31.3 Å².